The van der Waals surface area contributed by atoms with Gasteiger partial charge in [-0.2, -0.15) is 0 Å². The van der Waals surface area contributed by atoms with Crippen LogP contribution in [0.4, 0.5) is 5.82 Å². The van der Waals surface area contributed by atoms with E-state index in [0.717, 1.165) is 18.9 Å². The van der Waals surface area contributed by atoms with E-state index in [1.807, 2.05) is 23.1 Å². The number of aromatic nitrogens is 1. The maximum absolute atomic E-state index is 12.2. The highest BCUT2D eigenvalue weighted by Crippen LogP contribution is 2.13. The number of nitrogens with zero attached hydrogens (tertiary/aromatic N) is 3. The van der Waals surface area contributed by atoms with E-state index in [0.29, 0.717) is 19.5 Å². The molecule has 2 aliphatic rings. The van der Waals surface area contributed by atoms with Crippen molar-refractivity contribution in [2.75, 3.05) is 49.1 Å². The first-order valence-corrected chi connectivity index (χ1v) is 9.73. The number of hydrogen-bond acceptors (Lipinski definition) is 6. The molecule has 2 saturated heterocycles. The molecule has 0 aromatic carbocycles. The van der Waals surface area contributed by atoms with Crippen LogP contribution in [0.5, 0.6) is 0 Å². The summed E-state index contributed by atoms with van der Waals surface area (Å²) in [6.45, 7) is 3.07. The van der Waals surface area contributed by atoms with Crippen molar-refractivity contribution in [2.45, 2.75) is 12.5 Å². The second-order valence-corrected chi connectivity index (χ2v) is 8.27. The van der Waals surface area contributed by atoms with E-state index in [-0.39, 0.29) is 30.0 Å². The summed E-state index contributed by atoms with van der Waals surface area (Å²) < 4.78 is 22.8. The van der Waals surface area contributed by atoms with Crippen molar-refractivity contribution < 1.29 is 13.2 Å². The van der Waals surface area contributed by atoms with Crippen LogP contribution in [0.1, 0.15) is 6.42 Å². The Hall–Kier alpha value is -1.67. The maximum Gasteiger partial charge on any atom is 0.236 e. The molecule has 3 rings (SSSR count). The summed E-state index contributed by atoms with van der Waals surface area (Å²) in [6.07, 6.45) is 2.37. The Morgan fingerprint density at radius 3 is 2.65 bits per heavy atom. The standard InChI is InChI=1S/C15H22N4O3S/c20-15(11-17-13-4-10-23(21,22)12-13)19-8-6-18(7-9-19)14-3-1-2-5-16-14/h1-3,5,13,17H,4,6-12H2. The number of hydrogen-bond donors (Lipinski definition) is 1. The Morgan fingerprint density at radius 2 is 2.04 bits per heavy atom. The lowest BCUT2D eigenvalue weighted by atomic mass is 10.2. The van der Waals surface area contributed by atoms with Crippen molar-refractivity contribution in [3.05, 3.63) is 24.4 Å². The Kier molecular flexibility index (Phi) is 4.82. The average molecular weight is 338 g/mol. The molecule has 2 fully saturated rings. The van der Waals surface area contributed by atoms with Gasteiger partial charge in [-0.15, -0.1) is 0 Å². The minimum atomic E-state index is -2.91. The number of carbonyl (C=O) groups is 1. The third-order valence-corrected chi connectivity index (χ3v) is 6.15. The number of carbonyl (C=O) groups excluding carboxylic acids is 1. The van der Waals surface area contributed by atoms with Crippen LogP contribution in [-0.4, -0.2) is 74.5 Å². The van der Waals surface area contributed by atoms with E-state index >= 15 is 0 Å². The summed E-state index contributed by atoms with van der Waals surface area (Å²) in [5.41, 5.74) is 0. The van der Waals surface area contributed by atoms with Crippen molar-refractivity contribution >= 4 is 21.6 Å². The molecule has 0 radical (unpaired) electrons. The van der Waals surface area contributed by atoms with Crippen LogP contribution in [0.3, 0.4) is 0 Å². The monoisotopic (exact) mass is 338 g/mol. The van der Waals surface area contributed by atoms with Gasteiger partial charge in [-0.05, 0) is 18.6 Å². The number of amides is 1. The summed E-state index contributed by atoms with van der Waals surface area (Å²) in [5.74, 6) is 1.35. The van der Waals surface area contributed by atoms with Gasteiger partial charge in [-0.3, -0.25) is 4.79 Å². The van der Waals surface area contributed by atoms with Crippen LogP contribution < -0.4 is 10.2 Å². The van der Waals surface area contributed by atoms with Crippen molar-refractivity contribution in [1.29, 1.82) is 0 Å². The van der Waals surface area contributed by atoms with Gasteiger partial charge in [0.2, 0.25) is 5.91 Å². The molecule has 1 unspecified atom stereocenters. The lowest BCUT2D eigenvalue weighted by Gasteiger charge is -2.35. The highest BCUT2D eigenvalue weighted by atomic mass is 32.2. The molecule has 126 valence electrons. The quantitative estimate of drug-likeness (QED) is 0.797. The van der Waals surface area contributed by atoms with E-state index in [1.165, 1.54) is 0 Å². The van der Waals surface area contributed by atoms with Crippen LogP contribution in [0.25, 0.3) is 0 Å². The van der Waals surface area contributed by atoms with Gasteiger partial charge in [0.25, 0.3) is 0 Å². The summed E-state index contributed by atoms with van der Waals surface area (Å²) in [5, 5.41) is 3.08. The molecule has 0 saturated carbocycles. The number of sulfone groups is 1. The summed E-state index contributed by atoms with van der Waals surface area (Å²) in [4.78, 5) is 20.6. The molecule has 0 spiro atoms. The number of rotatable bonds is 4. The second kappa shape index (κ2) is 6.84. The fourth-order valence-electron chi connectivity index (χ4n) is 3.03. The minimum absolute atomic E-state index is 0.0370. The molecule has 7 nitrogen and oxygen atoms in total. The number of piperazine rings is 1. The first-order chi connectivity index (χ1) is 11.0. The number of anilines is 1. The third-order valence-electron chi connectivity index (χ3n) is 4.38. The zero-order chi connectivity index (χ0) is 16.3. The van der Waals surface area contributed by atoms with Crippen LogP contribution in [-0.2, 0) is 14.6 Å². The van der Waals surface area contributed by atoms with E-state index in [4.69, 9.17) is 0 Å². The molecule has 8 heteroatoms. The molecule has 0 bridgehead atoms. The zero-order valence-electron chi connectivity index (χ0n) is 13.0. The average Bonchev–Trinajstić information content (AvgIpc) is 2.93. The molecule has 1 N–H and O–H groups in total. The lowest BCUT2D eigenvalue weighted by molar-refractivity contribution is -0.130. The largest absolute Gasteiger partial charge is 0.353 e. The van der Waals surface area contributed by atoms with Crippen molar-refractivity contribution in [3.63, 3.8) is 0 Å². The molecule has 3 heterocycles. The fraction of sp³-hybridized carbons (Fsp3) is 0.600. The third kappa shape index (κ3) is 4.20. The molecule has 1 amide bonds. The Morgan fingerprint density at radius 1 is 1.26 bits per heavy atom. The van der Waals surface area contributed by atoms with E-state index < -0.39 is 9.84 Å². The van der Waals surface area contributed by atoms with Crippen LogP contribution >= 0.6 is 0 Å². The van der Waals surface area contributed by atoms with Crippen molar-refractivity contribution in [2.24, 2.45) is 0 Å². The summed E-state index contributed by atoms with van der Waals surface area (Å²) in [7, 11) is -2.91. The number of pyridine rings is 1. The highest BCUT2D eigenvalue weighted by molar-refractivity contribution is 7.91. The fourth-order valence-corrected chi connectivity index (χ4v) is 4.73. The SMILES string of the molecule is O=C(CNC1CCS(=O)(=O)C1)N1CCN(c2ccccn2)CC1. The predicted molar refractivity (Wildman–Crippen MR) is 88.1 cm³/mol. The van der Waals surface area contributed by atoms with E-state index in [9.17, 15) is 13.2 Å². The van der Waals surface area contributed by atoms with Gasteiger partial charge >= 0.3 is 0 Å². The highest BCUT2D eigenvalue weighted by Gasteiger charge is 2.28. The minimum Gasteiger partial charge on any atom is -0.353 e. The van der Waals surface area contributed by atoms with Gasteiger partial charge in [0.05, 0.1) is 18.1 Å². The molecule has 23 heavy (non-hydrogen) atoms. The molecule has 1 aromatic rings. The van der Waals surface area contributed by atoms with Gasteiger partial charge in [-0.1, -0.05) is 6.07 Å². The van der Waals surface area contributed by atoms with Gasteiger partial charge in [0.1, 0.15) is 5.82 Å². The molecule has 0 aliphatic carbocycles. The first kappa shape index (κ1) is 16.2. The molecule has 2 aliphatic heterocycles. The Balaban J connectivity index is 1.43. The van der Waals surface area contributed by atoms with Gasteiger partial charge in [0.15, 0.2) is 9.84 Å². The molecule has 1 atom stereocenters. The maximum atomic E-state index is 12.2. The van der Waals surface area contributed by atoms with E-state index in [1.54, 1.807) is 6.20 Å². The molecular weight excluding hydrogens is 316 g/mol. The topological polar surface area (TPSA) is 82.6 Å². The molecular formula is C15H22N4O3S. The first-order valence-electron chi connectivity index (χ1n) is 7.91. The smallest absolute Gasteiger partial charge is 0.236 e. The van der Waals surface area contributed by atoms with Crippen LogP contribution in [0.2, 0.25) is 0 Å². The van der Waals surface area contributed by atoms with Crippen molar-refractivity contribution in [1.82, 2.24) is 15.2 Å². The number of nitrogens with one attached hydrogen (secondary N) is 1. The predicted octanol–water partition coefficient (Wildman–Crippen LogP) is -0.493. The zero-order valence-corrected chi connectivity index (χ0v) is 13.8. The summed E-state index contributed by atoms with van der Waals surface area (Å²) >= 11 is 0. The lowest BCUT2D eigenvalue weighted by Crippen LogP contribution is -2.51. The van der Waals surface area contributed by atoms with E-state index in [2.05, 4.69) is 15.2 Å². The van der Waals surface area contributed by atoms with Gasteiger partial charge < -0.3 is 15.1 Å². The normalized spacial score (nSPS) is 23.9. The molecule has 1 aromatic heterocycles. The summed E-state index contributed by atoms with van der Waals surface area (Å²) in [6, 6.07) is 5.73. The second-order valence-electron chi connectivity index (χ2n) is 6.04. The van der Waals surface area contributed by atoms with Crippen molar-refractivity contribution in [3.8, 4) is 0 Å². The van der Waals surface area contributed by atoms with Gasteiger partial charge in [-0.25, -0.2) is 13.4 Å². The Bertz CT molecular complexity index is 642. The van der Waals surface area contributed by atoms with Crippen LogP contribution in [0, 0.1) is 0 Å². The van der Waals surface area contributed by atoms with Gasteiger partial charge in [0, 0.05) is 38.4 Å². The van der Waals surface area contributed by atoms with Crippen LogP contribution in [0.15, 0.2) is 24.4 Å². The Labute approximate surface area is 136 Å².